The Morgan fingerprint density at radius 1 is 1.21 bits per heavy atom. The van der Waals surface area contributed by atoms with Gasteiger partial charge in [-0.25, -0.2) is 0 Å². The van der Waals surface area contributed by atoms with E-state index in [2.05, 4.69) is 27.7 Å². The molecule has 0 aliphatic heterocycles. The van der Waals surface area contributed by atoms with Crippen molar-refractivity contribution in [2.24, 2.45) is 5.92 Å². The average molecular weight is 283 g/mol. The molecule has 2 nitrogen and oxygen atoms in total. The maximum absolute atomic E-state index is 11.9. The molecule has 19 heavy (non-hydrogen) atoms. The Balaban J connectivity index is 3.04. The van der Waals surface area contributed by atoms with Crippen LogP contribution >= 0.6 is 11.6 Å². The van der Waals surface area contributed by atoms with Crippen molar-refractivity contribution in [1.82, 2.24) is 0 Å². The number of halogens is 1. The number of ether oxygens (including phenoxy) is 1. The van der Waals surface area contributed by atoms with Crippen molar-refractivity contribution in [3.63, 3.8) is 0 Å². The second kappa shape index (κ2) is 6.95. The third-order valence-electron chi connectivity index (χ3n) is 2.85. The van der Waals surface area contributed by atoms with E-state index in [0.717, 1.165) is 11.3 Å². The van der Waals surface area contributed by atoms with Crippen LogP contribution in [-0.4, -0.2) is 17.8 Å². The van der Waals surface area contributed by atoms with Gasteiger partial charge in [0.2, 0.25) is 0 Å². The van der Waals surface area contributed by atoms with Crippen molar-refractivity contribution < 1.29 is 9.53 Å². The molecular weight excluding hydrogens is 260 g/mol. The number of ketones is 1. The van der Waals surface area contributed by atoms with E-state index < -0.39 is 5.38 Å². The molecule has 3 heteroatoms. The van der Waals surface area contributed by atoms with Crippen LogP contribution in [0.1, 0.15) is 56.5 Å². The summed E-state index contributed by atoms with van der Waals surface area (Å²) in [5, 5.41) is -0.498. The second-order valence-electron chi connectivity index (χ2n) is 5.59. The van der Waals surface area contributed by atoms with Gasteiger partial charge in [-0.1, -0.05) is 27.7 Å². The topological polar surface area (TPSA) is 26.3 Å². The fourth-order valence-corrected chi connectivity index (χ4v) is 1.90. The Labute approximate surface area is 121 Å². The lowest BCUT2D eigenvalue weighted by atomic mass is 9.97. The lowest BCUT2D eigenvalue weighted by molar-refractivity contribution is 0.0991. The molecule has 0 saturated carbocycles. The van der Waals surface area contributed by atoms with Gasteiger partial charge in [0.25, 0.3) is 0 Å². The summed E-state index contributed by atoms with van der Waals surface area (Å²) in [5.74, 6) is 1.60. The summed E-state index contributed by atoms with van der Waals surface area (Å²) in [7, 11) is 0. The monoisotopic (exact) mass is 282 g/mol. The third kappa shape index (κ3) is 4.54. The molecule has 1 atom stereocenters. The number of alkyl halides is 1. The fourth-order valence-electron chi connectivity index (χ4n) is 1.77. The Hall–Kier alpha value is -1.02. The summed E-state index contributed by atoms with van der Waals surface area (Å²) in [6, 6.07) is 5.58. The van der Waals surface area contributed by atoms with Crippen LogP contribution in [0.25, 0.3) is 0 Å². The third-order valence-corrected chi connectivity index (χ3v) is 3.05. The molecule has 0 N–H and O–H groups in total. The number of Topliss-reactive ketones (excluding diaryl/α,β-unsaturated/α-hetero) is 1. The molecule has 1 aromatic carbocycles. The van der Waals surface area contributed by atoms with Crippen LogP contribution in [0, 0.1) is 5.92 Å². The summed E-state index contributed by atoms with van der Waals surface area (Å²) in [6.07, 6.45) is 0. The molecule has 0 spiro atoms. The van der Waals surface area contributed by atoms with E-state index in [1.165, 1.54) is 0 Å². The average Bonchev–Trinajstić information content (AvgIpc) is 2.34. The van der Waals surface area contributed by atoms with E-state index in [0.29, 0.717) is 24.0 Å². The lowest BCUT2D eigenvalue weighted by Gasteiger charge is -2.16. The van der Waals surface area contributed by atoms with Gasteiger partial charge < -0.3 is 4.74 Å². The first-order chi connectivity index (χ1) is 8.82. The Morgan fingerprint density at radius 3 is 2.32 bits per heavy atom. The van der Waals surface area contributed by atoms with E-state index in [9.17, 15) is 4.79 Å². The van der Waals surface area contributed by atoms with Gasteiger partial charge in [-0.2, -0.15) is 0 Å². The molecule has 1 aromatic rings. The minimum Gasteiger partial charge on any atom is -0.493 e. The number of carbonyl (C=O) groups is 1. The second-order valence-corrected chi connectivity index (χ2v) is 6.25. The van der Waals surface area contributed by atoms with Crippen molar-refractivity contribution >= 4 is 17.4 Å². The zero-order valence-corrected chi connectivity index (χ0v) is 13.1. The van der Waals surface area contributed by atoms with Crippen molar-refractivity contribution in [3.8, 4) is 5.75 Å². The van der Waals surface area contributed by atoms with Crippen molar-refractivity contribution in [3.05, 3.63) is 29.3 Å². The highest BCUT2D eigenvalue weighted by Crippen LogP contribution is 2.28. The smallest absolute Gasteiger partial charge is 0.180 e. The first kappa shape index (κ1) is 16.0. The maximum atomic E-state index is 11.9. The van der Waals surface area contributed by atoms with Crippen molar-refractivity contribution in [1.29, 1.82) is 0 Å². The predicted octanol–water partition coefficient (Wildman–Crippen LogP) is 4.65. The van der Waals surface area contributed by atoms with Crippen molar-refractivity contribution in [2.45, 2.75) is 45.9 Å². The lowest BCUT2D eigenvalue weighted by Crippen LogP contribution is -2.12. The minimum atomic E-state index is -0.498. The largest absolute Gasteiger partial charge is 0.493 e. The molecular formula is C16H23ClO2. The number of rotatable bonds is 6. The molecule has 0 fully saturated rings. The highest BCUT2D eigenvalue weighted by Gasteiger charge is 2.16. The van der Waals surface area contributed by atoms with E-state index >= 15 is 0 Å². The van der Waals surface area contributed by atoms with Gasteiger partial charge in [0.05, 0.1) is 12.0 Å². The van der Waals surface area contributed by atoms with Crippen LogP contribution in [0.5, 0.6) is 5.75 Å². The molecule has 1 rings (SSSR count). The van der Waals surface area contributed by atoms with Gasteiger partial charge in [-0.15, -0.1) is 11.6 Å². The van der Waals surface area contributed by atoms with Crippen LogP contribution in [0.15, 0.2) is 18.2 Å². The number of carbonyl (C=O) groups excluding carboxylic acids is 1. The molecule has 0 saturated heterocycles. The highest BCUT2D eigenvalue weighted by atomic mass is 35.5. The fraction of sp³-hybridized carbons (Fsp3) is 0.562. The molecule has 0 aromatic heterocycles. The van der Waals surface area contributed by atoms with E-state index in [1.54, 1.807) is 13.0 Å². The number of hydrogen-bond donors (Lipinski definition) is 0. The molecule has 0 bridgehead atoms. The van der Waals surface area contributed by atoms with Gasteiger partial charge in [-0.05, 0) is 42.5 Å². The molecule has 0 heterocycles. The van der Waals surface area contributed by atoms with Gasteiger partial charge in [0.1, 0.15) is 5.75 Å². The summed E-state index contributed by atoms with van der Waals surface area (Å²) >= 11 is 5.86. The van der Waals surface area contributed by atoms with Gasteiger partial charge in [0, 0.05) is 5.56 Å². The Bertz CT molecular complexity index is 436. The van der Waals surface area contributed by atoms with E-state index in [1.807, 2.05) is 12.1 Å². The minimum absolute atomic E-state index is 0.0426. The molecule has 1 unspecified atom stereocenters. The summed E-state index contributed by atoms with van der Waals surface area (Å²) in [4.78, 5) is 11.9. The molecule has 0 aliphatic rings. The summed E-state index contributed by atoms with van der Waals surface area (Å²) < 4.78 is 5.81. The van der Waals surface area contributed by atoms with Crippen LogP contribution in [0.3, 0.4) is 0 Å². The SMILES string of the molecule is CC(C)COc1ccc(C(=O)C(C)Cl)cc1C(C)C. The molecule has 0 aliphatic carbocycles. The first-order valence-corrected chi connectivity index (χ1v) is 7.21. The molecule has 0 amide bonds. The van der Waals surface area contributed by atoms with Crippen LogP contribution in [-0.2, 0) is 0 Å². The zero-order chi connectivity index (χ0) is 14.6. The molecule has 106 valence electrons. The van der Waals surface area contributed by atoms with E-state index in [4.69, 9.17) is 16.3 Å². The number of benzene rings is 1. The molecule has 0 radical (unpaired) electrons. The number of hydrogen-bond acceptors (Lipinski definition) is 2. The summed E-state index contributed by atoms with van der Waals surface area (Å²) in [6.45, 7) is 10.8. The standard InChI is InChI=1S/C16H23ClO2/c1-10(2)9-19-15-7-6-13(16(18)12(5)17)8-14(15)11(3)4/h6-8,10-12H,9H2,1-5H3. The summed E-state index contributed by atoms with van der Waals surface area (Å²) in [5.41, 5.74) is 1.71. The normalized spacial score (nSPS) is 12.8. The first-order valence-electron chi connectivity index (χ1n) is 6.78. The predicted molar refractivity (Wildman–Crippen MR) is 80.5 cm³/mol. The zero-order valence-electron chi connectivity index (χ0n) is 12.4. The van der Waals surface area contributed by atoms with Crippen molar-refractivity contribution in [2.75, 3.05) is 6.61 Å². The highest BCUT2D eigenvalue weighted by molar-refractivity contribution is 6.33. The maximum Gasteiger partial charge on any atom is 0.180 e. The van der Waals surface area contributed by atoms with Crippen LogP contribution in [0.4, 0.5) is 0 Å². The van der Waals surface area contributed by atoms with Gasteiger partial charge in [-0.3, -0.25) is 4.79 Å². The van der Waals surface area contributed by atoms with Gasteiger partial charge >= 0.3 is 0 Å². The van der Waals surface area contributed by atoms with E-state index in [-0.39, 0.29) is 5.78 Å². The van der Waals surface area contributed by atoms with Crippen LogP contribution in [0.2, 0.25) is 0 Å². The van der Waals surface area contributed by atoms with Crippen LogP contribution < -0.4 is 4.74 Å². The quantitative estimate of drug-likeness (QED) is 0.560. The Kier molecular flexibility index (Phi) is 5.86. The Morgan fingerprint density at radius 2 is 1.84 bits per heavy atom. The van der Waals surface area contributed by atoms with Gasteiger partial charge in [0.15, 0.2) is 5.78 Å².